The minimum absolute atomic E-state index is 0.103. The van der Waals surface area contributed by atoms with Gasteiger partial charge in [0.05, 0.1) is 23.3 Å². The number of aromatic nitrogens is 4. The summed E-state index contributed by atoms with van der Waals surface area (Å²) in [7, 11) is 0. The monoisotopic (exact) mass is 400 g/mol. The van der Waals surface area contributed by atoms with E-state index in [1.54, 1.807) is 4.90 Å². The van der Waals surface area contributed by atoms with Crippen LogP contribution in [-0.2, 0) is 13.0 Å². The molecule has 0 saturated heterocycles. The topological polar surface area (TPSA) is 89.7 Å². The van der Waals surface area contributed by atoms with E-state index >= 15 is 0 Å². The molecule has 0 saturated carbocycles. The number of carbonyl (C=O) groups is 1. The van der Waals surface area contributed by atoms with Crippen molar-refractivity contribution in [2.75, 3.05) is 11.9 Å². The molecule has 0 fully saturated rings. The Kier molecular flexibility index (Phi) is 4.31. The summed E-state index contributed by atoms with van der Waals surface area (Å²) in [4.78, 5) is 22.7. The molecule has 0 spiro atoms. The third-order valence-corrected chi connectivity index (χ3v) is 5.93. The highest BCUT2D eigenvalue weighted by atomic mass is 16.2. The SMILES string of the molecule is Cc1cc2nc(-c3[nH]nc4c3CCN(C(=O)Nc3ccccc3C)C4)[nH]c2cc1C. The van der Waals surface area contributed by atoms with Gasteiger partial charge in [0.15, 0.2) is 5.82 Å². The van der Waals surface area contributed by atoms with Gasteiger partial charge < -0.3 is 15.2 Å². The van der Waals surface area contributed by atoms with Crippen molar-refractivity contribution in [1.29, 1.82) is 0 Å². The van der Waals surface area contributed by atoms with Crippen molar-refractivity contribution in [2.24, 2.45) is 0 Å². The Bertz CT molecular complexity index is 1230. The minimum atomic E-state index is -0.103. The second-order valence-corrected chi connectivity index (χ2v) is 7.98. The summed E-state index contributed by atoms with van der Waals surface area (Å²) in [6, 6.07) is 11.9. The molecule has 3 N–H and O–H groups in total. The lowest BCUT2D eigenvalue weighted by molar-refractivity contribution is 0.205. The molecule has 4 aromatic rings. The molecule has 2 aromatic heterocycles. The van der Waals surface area contributed by atoms with Crippen molar-refractivity contribution < 1.29 is 4.79 Å². The van der Waals surface area contributed by atoms with Gasteiger partial charge in [0.1, 0.15) is 5.69 Å². The van der Waals surface area contributed by atoms with Gasteiger partial charge in [-0.05, 0) is 62.1 Å². The number of amides is 2. The van der Waals surface area contributed by atoms with E-state index in [0.29, 0.717) is 13.1 Å². The van der Waals surface area contributed by atoms with Crippen LogP contribution in [0.3, 0.4) is 0 Å². The van der Waals surface area contributed by atoms with Crippen molar-refractivity contribution in [3.05, 3.63) is 64.3 Å². The molecule has 2 amide bonds. The summed E-state index contributed by atoms with van der Waals surface area (Å²) in [5.74, 6) is 0.793. The van der Waals surface area contributed by atoms with Crippen molar-refractivity contribution in [3.63, 3.8) is 0 Å². The van der Waals surface area contributed by atoms with Gasteiger partial charge in [-0.1, -0.05) is 18.2 Å². The van der Waals surface area contributed by atoms with Crippen LogP contribution in [0.5, 0.6) is 0 Å². The predicted molar refractivity (Wildman–Crippen MR) is 117 cm³/mol. The fourth-order valence-corrected chi connectivity index (χ4v) is 3.97. The highest BCUT2D eigenvalue weighted by Gasteiger charge is 2.27. The van der Waals surface area contributed by atoms with E-state index in [0.717, 1.165) is 51.5 Å². The Morgan fingerprint density at radius 2 is 1.90 bits per heavy atom. The molecule has 152 valence electrons. The number of urea groups is 1. The molecule has 5 rings (SSSR count). The van der Waals surface area contributed by atoms with Crippen molar-refractivity contribution in [3.8, 4) is 11.5 Å². The van der Waals surface area contributed by atoms with Crippen LogP contribution in [0, 0.1) is 20.8 Å². The van der Waals surface area contributed by atoms with Gasteiger partial charge in [-0.3, -0.25) is 5.10 Å². The molecule has 2 aromatic carbocycles. The molecule has 3 heterocycles. The second-order valence-electron chi connectivity index (χ2n) is 7.98. The Morgan fingerprint density at radius 3 is 2.73 bits per heavy atom. The van der Waals surface area contributed by atoms with Crippen LogP contribution in [0.25, 0.3) is 22.6 Å². The van der Waals surface area contributed by atoms with Gasteiger partial charge in [0.25, 0.3) is 0 Å². The first-order valence-corrected chi connectivity index (χ1v) is 10.1. The number of nitrogens with zero attached hydrogens (tertiary/aromatic N) is 3. The summed E-state index contributed by atoms with van der Waals surface area (Å²) in [6.07, 6.45) is 0.734. The van der Waals surface area contributed by atoms with Crippen LogP contribution in [0.4, 0.5) is 10.5 Å². The van der Waals surface area contributed by atoms with E-state index in [9.17, 15) is 4.79 Å². The lowest BCUT2D eigenvalue weighted by Gasteiger charge is -2.27. The summed E-state index contributed by atoms with van der Waals surface area (Å²) < 4.78 is 0. The quantitative estimate of drug-likeness (QED) is 0.464. The van der Waals surface area contributed by atoms with Crippen LogP contribution >= 0.6 is 0 Å². The third kappa shape index (κ3) is 3.12. The summed E-state index contributed by atoms with van der Waals surface area (Å²) in [5.41, 5.74) is 9.24. The maximum absolute atomic E-state index is 12.7. The number of hydrogen-bond acceptors (Lipinski definition) is 3. The largest absolute Gasteiger partial charge is 0.337 e. The van der Waals surface area contributed by atoms with E-state index in [1.165, 1.54) is 11.1 Å². The second kappa shape index (κ2) is 7.02. The van der Waals surface area contributed by atoms with Crippen LogP contribution in [0.15, 0.2) is 36.4 Å². The van der Waals surface area contributed by atoms with Crippen LogP contribution in [0.2, 0.25) is 0 Å². The number of hydrogen-bond donors (Lipinski definition) is 3. The molecule has 7 heteroatoms. The number of H-pyrrole nitrogens is 2. The zero-order valence-electron chi connectivity index (χ0n) is 17.3. The minimum Gasteiger partial charge on any atom is -0.337 e. The lowest BCUT2D eigenvalue weighted by Crippen LogP contribution is -2.39. The average molecular weight is 400 g/mol. The highest BCUT2D eigenvalue weighted by Crippen LogP contribution is 2.29. The summed E-state index contributed by atoms with van der Waals surface area (Å²) in [5, 5.41) is 10.6. The lowest BCUT2D eigenvalue weighted by atomic mass is 10.0. The van der Waals surface area contributed by atoms with Gasteiger partial charge in [0.2, 0.25) is 0 Å². The normalized spacial score (nSPS) is 13.5. The average Bonchev–Trinajstić information content (AvgIpc) is 3.33. The van der Waals surface area contributed by atoms with E-state index < -0.39 is 0 Å². The summed E-state index contributed by atoms with van der Waals surface area (Å²) >= 11 is 0. The van der Waals surface area contributed by atoms with Gasteiger partial charge in [0, 0.05) is 17.8 Å². The van der Waals surface area contributed by atoms with Gasteiger partial charge in [-0.15, -0.1) is 0 Å². The number of carbonyl (C=O) groups excluding carboxylic acids is 1. The number of imidazole rings is 1. The Balaban J connectivity index is 1.38. The molecule has 1 aliphatic heterocycles. The first-order valence-electron chi connectivity index (χ1n) is 10.1. The first kappa shape index (κ1) is 18.4. The number of rotatable bonds is 2. The predicted octanol–water partition coefficient (Wildman–Crippen LogP) is 4.47. The maximum atomic E-state index is 12.7. The molecule has 0 aliphatic carbocycles. The molecule has 0 atom stereocenters. The zero-order valence-corrected chi connectivity index (χ0v) is 17.3. The smallest absolute Gasteiger partial charge is 0.322 e. The van der Waals surface area contributed by atoms with Crippen LogP contribution in [0.1, 0.15) is 27.9 Å². The first-order chi connectivity index (χ1) is 14.5. The Hall–Kier alpha value is -3.61. The summed E-state index contributed by atoms with van der Waals surface area (Å²) in [6.45, 7) is 7.29. The third-order valence-electron chi connectivity index (χ3n) is 5.93. The number of anilines is 1. The number of benzene rings is 2. The fourth-order valence-electron chi connectivity index (χ4n) is 3.97. The zero-order chi connectivity index (χ0) is 20.8. The van der Waals surface area contributed by atoms with E-state index in [4.69, 9.17) is 4.98 Å². The molecule has 7 nitrogen and oxygen atoms in total. The van der Waals surface area contributed by atoms with Gasteiger partial charge in [-0.25, -0.2) is 9.78 Å². The van der Waals surface area contributed by atoms with Crippen molar-refractivity contribution >= 4 is 22.8 Å². The van der Waals surface area contributed by atoms with E-state index in [1.807, 2.05) is 31.2 Å². The van der Waals surface area contributed by atoms with Crippen molar-refractivity contribution in [1.82, 2.24) is 25.1 Å². The number of fused-ring (bicyclic) bond motifs is 2. The standard InChI is InChI=1S/C23H24N6O/c1-13-6-4-5-7-17(13)26-23(30)29-9-8-16-20(12-29)27-28-21(16)22-24-18-10-14(2)15(3)11-19(18)25-22/h4-7,10-11H,8-9,12H2,1-3H3,(H,24,25)(H,26,30)(H,27,28). The molecule has 0 unspecified atom stereocenters. The molecular weight excluding hydrogens is 376 g/mol. The van der Waals surface area contributed by atoms with Gasteiger partial charge >= 0.3 is 6.03 Å². The number of para-hydroxylation sites is 1. The highest BCUT2D eigenvalue weighted by molar-refractivity contribution is 5.90. The molecular formula is C23H24N6O. The molecule has 0 bridgehead atoms. The van der Waals surface area contributed by atoms with Crippen LogP contribution in [-0.4, -0.2) is 37.6 Å². The number of aryl methyl sites for hydroxylation is 3. The maximum Gasteiger partial charge on any atom is 0.322 e. The molecule has 0 radical (unpaired) electrons. The van der Waals surface area contributed by atoms with E-state index in [2.05, 4.69) is 46.5 Å². The van der Waals surface area contributed by atoms with E-state index in [-0.39, 0.29) is 6.03 Å². The Labute approximate surface area is 174 Å². The van der Waals surface area contributed by atoms with Crippen molar-refractivity contribution in [2.45, 2.75) is 33.7 Å². The van der Waals surface area contributed by atoms with Gasteiger partial charge in [-0.2, -0.15) is 5.10 Å². The number of nitrogens with one attached hydrogen (secondary N) is 3. The number of aromatic amines is 2. The molecule has 30 heavy (non-hydrogen) atoms. The fraction of sp³-hybridized carbons (Fsp3) is 0.261. The van der Waals surface area contributed by atoms with Crippen LogP contribution < -0.4 is 5.32 Å². The Morgan fingerprint density at radius 1 is 1.10 bits per heavy atom. The molecule has 1 aliphatic rings.